The van der Waals surface area contributed by atoms with E-state index in [1.54, 1.807) is 36.4 Å². The monoisotopic (exact) mass is 351 g/mol. The summed E-state index contributed by atoms with van der Waals surface area (Å²) in [5.41, 5.74) is 1.77. The van der Waals surface area contributed by atoms with E-state index in [1.165, 1.54) is 6.07 Å². The lowest BCUT2D eigenvalue weighted by Crippen LogP contribution is -2.51. The molecular weight excluding hydrogens is 338 g/mol. The Balaban J connectivity index is 1.86. The fourth-order valence-corrected chi connectivity index (χ4v) is 3.74. The molecule has 3 rings (SSSR count). The maximum absolute atomic E-state index is 12.3. The first-order chi connectivity index (χ1) is 10.8. The molecule has 2 aromatic carbocycles. The van der Waals surface area contributed by atoms with Crippen molar-refractivity contribution >= 4 is 38.9 Å². The number of fused-ring (bicyclic) bond motifs is 1. The summed E-state index contributed by atoms with van der Waals surface area (Å²) in [4.78, 5) is 12.4. The highest BCUT2D eigenvalue weighted by Crippen LogP contribution is 2.27. The van der Waals surface area contributed by atoms with Crippen LogP contribution in [-0.4, -0.2) is 20.5 Å². The summed E-state index contributed by atoms with van der Waals surface area (Å²) in [5, 5.41) is 5.99. The van der Waals surface area contributed by atoms with E-state index in [-0.39, 0.29) is 4.90 Å². The van der Waals surface area contributed by atoms with Gasteiger partial charge in [0, 0.05) is 10.7 Å². The van der Waals surface area contributed by atoms with Gasteiger partial charge in [0.15, 0.2) is 6.17 Å². The molecule has 0 saturated heterocycles. The van der Waals surface area contributed by atoms with Crippen LogP contribution in [0.2, 0.25) is 5.02 Å². The van der Waals surface area contributed by atoms with Gasteiger partial charge in [0.25, 0.3) is 5.91 Å². The molecule has 1 atom stereocenters. The maximum atomic E-state index is 12.3. The average Bonchev–Trinajstić information content (AvgIpc) is 2.45. The van der Waals surface area contributed by atoms with Gasteiger partial charge in [-0.3, -0.25) is 4.79 Å². The Kier molecular flexibility index (Phi) is 4.01. The van der Waals surface area contributed by atoms with E-state index in [0.29, 0.717) is 16.4 Å². The summed E-state index contributed by atoms with van der Waals surface area (Å²) in [5.74, 6) is -0.525. The third-order valence-corrected chi connectivity index (χ3v) is 5.07. The largest absolute Gasteiger partial charge is 0.360 e. The number of hydrogen-bond acceptors (Lipinski definition) is 4. The summed E-state index contributed by atoms with van der Waals surface area (Å²) in [6, 6.07) is 11.5. The minimum atomic E-state index is -3.75. The first-order valence-corrected chi connectivity index (χ1v) is 8.67. The van der Waals surface area contributed by atoms with E-state index >= 15 is 0 Å². The predicted octanol–water partition coefficient (Wildman–Crippen LogP) is 2.32. The number of carbonyl (C=O) groups excluding carboxylic acids is 1. The fourth-order valence-electron chi connectivity index (χ4n) is 2.29. The quantitative estimate of drug-likeness (QED) is 0.774. The van der Waals surface area contributed by atoms with Crippen molar-refractivity contribution in [2.75, 3.05) is 10.6 Å². The van der Waals surface area contributed by atoms with Crippen LogP contribution in [0.3, 0.4) is 0 Å². The van der Waals surface area contributed by atoms with Crippen molar-refractivity contribution in [3.63, 3.8) is 0 Å². The van der Waals surface area contributed by atoms with Gasteiger partial charge in [-0.15, -0.1) is 0 Å². The summed E-state index contributed by atoms with van der Waals surface area (Å²) in [6.07, 6.45) is -1.10. The molecule has 0 bridgehead atoms. The molecule has 2 aromatic rings. The topological polar surface area (TPSA) is 87.3 Å². The molecular formula is C15H14ClN3O3S. The Morgan fingerprint density at radius 1 is 1.22 bits per heavy atom. The van der Waals surface area contributed by atoms with Crippen molar-refractivity contribution in [1.82, 2.24) is 4.72 Å². The molecule has 8 heteroatoms. The molecule has 0 aromatic heterocycles. The fraction of sp³-hybridized carbons (Fsp3) is 0.133. The zero-order valence-corrected chi connectivity index (χ0v) is 13.7. The molecule has 1 unspecified atom stereocenters. The van der Waals surface area contributed by atoms with Gasteiger partial charge < -0.3 is 10.6 Å². The first-order valence-electron chi connectivity index (χ1n) is 6.81. The summed E-state index contributed by atoms with van der Waals surface area (Å²) < 4.78 is 26.8. The number of rotatable bonds is 2. The standard InChI is InChI=1S/C15H14ClN3O3S/c1-9-5-6-13-12(7-9)18-14(19-23(13,21)22)15(20)17-11-4-2-3-10(16)8-11/h2-8,14,18-19H,1H3,(H,17,20). The van der Waals surface area contributed by atoms with Crippen molar-refractivity contribution in [3.05, 3.63) is 53.1 Å². The third kappa shape index (κ3) is 3.31. The normalized spacial score (nSPS) is 18.6. The lowest BCUT2D eigenvalue weighted by atomic mass is 10.2. The van der Waals surface area contributed by atoms with Crippen LogP contribution in [0.25, 0.3) is 0 Å². The smallest absolute Gasteiger partial charge is 0.262 e. The van der Waals surface area contributed by atoms with E-state index in [2.05, 4.69) is 15.4 Å². The van der Waals surface area contributed by atoms with Crippen LogP contribution in [0.15, 0.2) is 47.4 Å². The van der Waals surface area contributed by atoms with Gasteiger partial charge in [-0.25, -0.2) is 8.42 Å². The van der Waals surface area contributed by atoms with E-state index < -0.39 is 22.1 Å². The Morgan fingerprint density at radius 3 is 2.74 bits per heavy atom. The van der Waals surface area contributed by atoms with Gasteiger partial charge >= 0.3 is 0 Å². The van der Waals surface area contributed by atoms with Gasteiger partial charge in [0.2, 0.25) is 10.0 Å². The van der Waals surface area contributed by atoms with E-state index in [1.807, 2.05) is 6.92 Å². The molecule has 6 nitrogen and oxygen atoms in total. The van der Waals surface area contributed by atoms with Gasteiger partial charge in [-0.1, -0.05) is 23.7 Å². The lowest BCUT2D eigenvalue weighted by Gasteiger charge is -2.27. The molecule has 0 aliphatic carbocycles. The third-order valence-electron chi connectivity index (χ3n) is 3.35. The summed E-state index contributed by atoms with van der Waals surface area (Å²) >= 11 is 5.87. The van der Waals surface area contributed by atoms with Gasteiger partial charge in [0.1, 0.15) is 4.90 Å². The molecule has 23 heavy (non-hydrogen) atoms. The van der Waals surface area contributed by atoms with Gasteiger partial charge in [-0.05, 0) is 42.8 Å². The minimum absolute atomic E-state index is 0.120. The number of nitrogens with one attached hydrogen (secondary N) is 3. The number of benzene rings is 2. The number of sulfonamides is 1. The minimum Gasteiger partial charge on any atom is -0.360 e. The second kappa shape index (κ2) is 5.84. The van der Waals surface area contributed by atoms with Crippen LogP contribution in [-0.2, 0) is 14.8 Å². The second-order valence-electron chi connectivity index (χ2n) is 5.20. The van der Waals surface area contributed by atoms with Crippen LogP contribution >= 0.6 is 11.6 Å². The number of hydrogen-bond donors (Lipinski definition) is 3. The van der Waals surface area contributed by atoms with Crippen LogP contribution in [0, 0.1) is 6.92 Å². The maximum Gasteiger partial charge on any atom is 0.262 e. The predicted molar refractivity (Wildman–Crippen MR) is 89.0 cm³/mol. The molecule has 1 heterocycles. The molecule has 1 aliphatic heterocycles. The van der Waals surface area contributed by atoms with E-state index in [0.717, 1.165) is 5.56 Å². The highest BCUT2D eigenvalue weighted by Gasteiger charge is 2.33. The lowest BCUT2D eigenvalue weighted by molar-refractivity contribution is -0.117. The molecule has 0 spiro atoms. The first kappa shape index (κ1) is 15.8. The number of aryl methyl sites for hydroxylation is 1. The van der Waals surface area contributed by atoms with Gasteiger partial charge in [0.05, 0.1) is 5.69 Å². The summed E-state index contributed by atoms with van der Waals surface area (Å²) in [7, 11) is -3.75. The number of halogens is 1. The molecule has 1 amide bonds. The van der Waals surface area contributed by atoms with Crippen LogP contribution in [0.5, 0.6) is 0 Å². The molecule has 1 aliphatic rings. The summed E-state index contributed by atoms with van der Waals surface area (Å²) in [6.45, 7) is 1.84. The van der Waals surface area contributed by atoms with Crippen LogP contribution in [0.1, 0.15) is 5.56 Å². The van der Waals surface area contributed by atoms with Crippen molar-refractivity contribution in [2.24, 2.45) is 0 Å². The highest BCUT2D eigenvalue weighted by atomic mass is 35.5. The molecule has 0 radical (unpaired) electrons. The Hall–Kier alpha value is -2.09. The zero-order chi connectivity index (χ0) is 16.6. The second-order valence-corrected chi connectivity index (χ2v) is 7.32. The zero-order valence-electron chi connectivity index (χ0n) is 12.1. The van der Waals surface area contributed by atoms with Crippen molar-refractivity contribution in [1.29, 1.82) is 0 Å². The molecule has 120 valence electrons. The Labute approximate surface area is 138 Å². The van der Waals surface area contributed by atoms with E-state index in [4.69, 9.17) is 11.6 Å². The SMILES string of the molecule is Cc1ccc2c(c1)NC(C(=O)Nc1cccc(Cl)c1)NS2(=O)=O. The van der Waals surface area contributed by atoms with Gasteiger partial charge in [-0.2, -0.15) is 4.72 Å². The number of amides is 1. The van der Waals surface area contributed by atoms with Crippen LogP contribution < -0.4 is 15.4 Å². The Bertz CT molecular complexity index is 883. The average molecular weight is 352 g/mol. The van der Waals surface area contributed by atoms with Crippen LogP contribution in [0.4, 0.5) is 11.4 Å². The molecule has 0 fully saturated rings. The molecule has 3 N–H and O–H groups in total. The van der Waals surface area contributed by atoms with Crippen molar-refractivity contribution in [3.8, 4) is 0 Å². The Morgan fingerprint density at radius 2 is 2.00 bits per heavy atom. The highest BCUT2D eigenvalue weighted by molar-refractivity contribution is 7.89. The van der Waals surface area contributed by atoms with Crippen molar-refractivity contribution in [2.45, 2.75) is 18.0 Å². The van der Waals surface area contributed by atoms with Crippen molar-refractivity contribution < 1.29 is 13.2 Å². The number of anilines is 2. The molecule has 0 saturated carbocycles. The number of carbonyl (C=O) groups is 1. The van der Waals surface area contributed by atoms with E-state index in [9.17, 15) is 13.2 Å².